The van der Waals surface area contributed by atoms with Crippen molar-refractivity contribution in [3.63, 3.8) is 0 Å². The topological polar surface area (TPSA) is 0 Å². The van der Waals surface area contributed by atoms with Crippen molar-refractivity contribution in [2.45, 2.75) is 32.4 Å². The minimum atomic E-state index is 0.536. The molecule has 0 aliphatic rings. The van der Waals surface area contributed by atoms with E-state index in [1.54, 1.807) is 0 Å². The Kier molecular flexibility index (Phi) is 6.25. The minimum absolute atomic E-state index is 0.536. The van der Waals surface area contributed by atoms with E-state index in [4.69, 9.17) is 0 Å². The molecule has 0 N–H and O–H groups in total. The molecule has 1 unspecified atom stereocenters. The third-order valence-electron chi connectivity index (χ3n) is 1.75. The second-order valence-electron chi connectivity index (χ2n) is 2.66. The minimum Gasteiger partial charge on any atom is -0.0773 e. The van der Waals surface area contributed by atoms with Gasteiger partial charge in [0.25, 0.3) is 0 Å². The molecule has 50 valence electrons. The zero-order chi connectivity index (χ0) is 6.41. The van der Waals surface area contributed by atoms with E-state index in [9.17, 15) is 0 Å². The third-order valence-corrected chi connectivity index (χ3v) is 20.8. The van der Waals surface area contributed by atoms with Crippen LogP contribution in [0.2, 0.25) is 12.1 Å². The first-order valence-corrected chi connectivity index (χ1v) is 14.0. The SMILES string of the molecule is CCC(C)[SiH2][SiH2][SiH2]C. The lowest BCUT2D eigenvalue weighted by molar-refractivity contribution is 0.877. The van der Waals surface area contributed by atoms with Gasteiger partial charge in [0.05, 0.1) is 0 Å². The average molecular weight is 162 g/mol. The molecule has 0 heterocycles. The van der Waals surface area contributed by atoms with Crippen LogP contribution in [0, 0.1) is 0 Å². The third kappa shape index (κ3) is 4.80. The Morgan fingerprint density at radius 3 is 2.50 bits per heavy atom. The molecule has 0 aromatic heterocycles. The van der Waals surface area contributed by atoms with Gasteiger partial charge in [0, 0.05) is 18.1 Å². The zero-order valence-electron chi connectivity index (χ0n) is 6.41. The van der Waals surface area contributed by atoms with Crippen molar-refractivity contribution in [3.05, 3.63) is 0 Å². The van der Waals surface area contributed by atoms with E-state index in [0.29, 0.717) is 26.6 Å². The smallest absolute Gasteiger partial charge is 0.00838 e. The normalized spacial score (nSPS) is 18.4. The van der Waals surface area contributed by atoms with E-state index in [0.717, 1.165) is 0 Å². The molecule has 0 fully saturated rings. The Morgan fingerprint density at radius 2 is 2.12 bits per heavy atom. The fraction of sp³-hybridized carbons (Fsp3) is 1.00. The van der Waals surface area contributed by atoms with Crippen LogP contribution in [-0.2, 0) is 0 Å². The molecule has 0 saturated heterocycles. The molecule has 0 rings (SSSR count). The van der Waals surface area contributed by atoms with Gasteiger partial charge in [0.15, 0.2) is 0 Å². The van der Waals surface area contributed by atoms with Gasteiger partial charge in [-0.1, -0.05) is 32.4 Å². The summed E-state index contributed by atoms with van der Waals surface area (Å²) in [4.78, 5) is 0. The maximum Gasteiger partial charge on any atom is 0.00838 e. The highest BCUT2D eigenvalue weighted by molar-refractivity contribution is 7.29. The first kappa shape index (κ1) is 8.65. The average Bonchev–Trinajstić information content (AvgIpc) is 1.83. The molecule has 0 spiro atoms. The van der Waals surface area contributed by atoms with Crippen LogP contribution in [0.4, 0.5) is 0 Å². The summed E-state index contributed by atoms with van der Waals surface area (Å²) in [6.07, 6.45) is 1.47. The highest BCUT2D eigenvalue weighted by atomic mass is 29.5. The van der Waals surface area contributed by atoms with E-state index < -0.39 is 0 Å². The summed E-state index contributed by atoms with van der Waals surface area (Å²) in [6, 6.07) is 0. The lowest BCUT2D eigenvalue weighted by Crippen LogP contribution is -2.13. The first-order chi connectivity index (χ1) is 3.81. The molecule has 1 atom stereocenters. The molecular weight excluding hydrogens is 144 g/mol. The molecule has 0 amide bonds. The summed E-state index contributed by atoms with van der Waals surface area (Å²) in [5, 5.41) is 0. The van der Waals surface area contributed by atoms with Gasteiger partial charge in [-0.2, -0.15) is 0 Å². The molecule has 0 aliphatic carbocycles. The van der Waals surface area contributed by atoms with Crippen molar-refractivity contribution in [3.8, 4) is 0 Å². The molecule has 0 aliphatic heterocycles. The predicted octanol–water partition coefficient (Wildman–Crippen LogP) is -0.411. The Labute approximate surface area is 59.5 Å². The van der Waals surface area contributed by atoms with Crippen LogP contribution in [0.3, 0.4) is 0 Å². The molecule has 0 nitrogen and oxygen atoms in total. The van der Waals surface area contributed by atoms with E-state index >= 15 is 0 Å². The Balaban J connectivity index is 2.86. The van der Waals surface area contributed by atoms with Crippen LogP contribution in [0.5, 0.6) is 0 Å². The summed E-state index contributed by atoms with van der Waals surface area (Å²) in [5.74, 6) is 0. The van der Waals surface area contributed by atoms with Gasteiger partial charge in [-0.3, -0.25) is 0 Å². The van der Waals surface area contributed by atoms with Crippen molar-refractivity contribution < 1.29 is 0 Å². The van der Waals surface area contributed by atoms with Crippen molar-refractivity contribution in [2.75, 3.05) is 0 Å². The van der Waals surface area contributed by atoms with Crippen molar-refractivity contribution in [2.24, 2.45) is 0 Å². The highest BCUT2D eigenvalue weighted by Gasteiger charge is 1.96. The van der Waals surface area contributed by atoms with Gasteiger partial charge in [-0.05, 0) is 8.55 Å². The van der Waals surface area contributed by atoms with Crippen molar-refractivity contribution in [1.29, 1.82) is 0 Å². The quantitative estimate of drug-likeness (QED) is 0.493. The number of hydrogen-bond donors (Lipinski definition) is 0. The zero-order valence-corrected chi connectivity index (χ0v) is 10.6. The molecule has 8 heavy (non-hydrogen) atoms. The fourth-order valence-corrected chi connectivity index (χ4v) is 16.8. The van der Waals surface area contributed by atoms with Crippen LogP contribution in [0.15, 0.2) is 0 Å². The molecule has 0 bridgehead atoms. The summed E-state index contributed by atoms with van der Waals surface area (Å²) >= 11 is 0. The summed E-state index contributed by atoms with van der Waals surface area (Å²) in [6.45, 7) is 7.27. The Morgan fingerprint density at radius 1 is 1.50 bits per heavy atom. The van der Waals surface area contributed by atoms with Gasteiger partial charge in [0.1, 0.15) is 0 Å². The molecule has 0 aromatic rings. The van der Waals surface area contributed by atoms with Gasteiger partial charge < -0.3 is 0 Å². The van der Waals surface area contributed by atoms with E-state index in [-0.39, 0.29) is 0 Å². The van der Waals surface area contributed by atoms with E-state index in [1.165, 1.54) is 12.0 Å². The maximum atomic E-state index is 2.49. The van der Waals surface area contributed by atoms with Gasteiger partial charge >= 0.3 is 0 Å². The standard InChI is InChI=1S/C5H18Si3/c1-4-5(2)7-8-6-3/h5H,4,6-8H2,1-3H3. The Bertz CT molecular complexity index is 46.9. The molecule has 3 heteroatoms. The molecule has 0 aromatic carbocycles. The predicted molar refractivity (Wildman–Crippen MR) is 51.2 cm³/mol. The van der Waals surface area contributed by atoms with Crippen LogP contribution in [-0.4, -0.2) is 26.6 Å². The second kappa shape index (κ2) is 5.78. The van der Waals surface area contributed by atoms with Gasteiger partial charge in [-0.25, -0.2) is 0 Å². The van der Waals surface area contributed by atoms with Crippen molar-refractivity contribution in [1.82, 2.24) is 0 Å². The van der Waals surface area contributed by atoms with Crippen molar-refractivity contribution >= 4 is 26.6 Å². The summed E-state index contributed by atoms with van der Waals surface area (Å²) < 4.78 is 0. The van der Waals surface area contributed by atoms with E-state index in [1.807, 2.05) is 0 Å². The fourth-order valence-electron chi connectivity index (χ4n) is 0.757. The monoisotopic (exact) mass is 162 g/mol. The molecular formula is C5H18Si3. The number of hydrogen-bond acceptors (Lipinski definition) is 0. The lowest BCUT2D eigenvalue weighted by Gasteiger charge is -2.02. The van der Waals surface area contributed by atoms with Crippen LogP contribution in [0.1, 0.15) is 20.3 Å². The molecule has 0 saturated carbocycles. The second-order valence-corrected chi connectivity index (χ2v) is 19.6. The maximum absolute atomic E-state index is 2.49. The largest absolute Gasteiger partial charge is 0.0773 e. The summed E-state index contributed by atoms with van der Waals surface area (Å²) in [7, 11) is 1.74. The van der Waals surface area contributed by atoms with Gasteiger partial charge in [-0.15, -0.1) is 0 Å². The highest BCUT2D eigenvalue weighted by Crippen LogP contribution is 2.03. The van der Waals surface area contributed by atoms with Gasteiger partial charge in [0.2, 0.25) is 0 Å². The van der Waals surface area contributed by atoms with E-state index in [2.05, 4.69) is 20.4 Å². The Hall–Kier alpha value is 0.651. The molecule has 0 radical (unpaired) electrons. The lowest BCUT2D eigenvalue weighted by atomic mass is 10.4. The van der Waals surface area contributed by atoms with Crippen LogP contribution in [0.25, 0.3) is 0 Å². The van der Waals surface area contributed by atoms with Crippen LogP contribution < -0.4 is 0 Å². The summed E-state index contributed by atoms with van der Waals surface area (Å²) in [5.41, 5.74) is 1.19. The number of rotatable bonds is 4. The first-order valence-electron chi connectivity index (χ1n) is 3.81. The van der Waals surface area contributed by atoms with Crippen LogP contribution >= 0.6 is 0 Å².